The van der Waals surface area contributed by atoms with Gasteiger partial charge in [-0.15, -0.1) is 0 Å². The molecule has 362 valence electrons. The molecule has 4 heteroatoms. The molecule has 0 unspecified atom stereocenters. The summed E-state index contributed by atoms with van der Waals surface area (Å²) >= 11 is 0. The van der Waals surface area contributed by atoms with Gasteiger partial charge in [0.1, 0.15) is 0 Å². The van der Waals surface area contributed by atoms with Crippen LogP contribution in [0.15, 0.2) is 97.1 Å². The molecule has 21 rings (SSSR count). The van der Waals surface area contributed by atoms with E-state index in [0.29, 0.717) is 11.6 Å². The van der Waals surface area contributed by atoms with Crippen LogP contribution in [0.2, 0.25) is 0 Å². The molecule has 11 aromatic rings. The summed E-state index contributed by atoms with van der Waals surface area (Å²) in [6.45, 7) is 9.42. The zero-order valence-corrected chi connectivity index (χ0v) is 43.3. The highest BCUT2D eigenvalue weighted by atomic mass is 16.1. The highest BCUT2D eigenvalue weighted by Gasteiger charge is 2.53. The van der Waals surface area contributed by atoms with Crippen molar-refractivity contribution in [2.24, 2.45) is 10.8 Å². The summed E-state index contributed by atoms with van der Waals surface area (Å²) in [7, 11) is 0. The number of fused-ring (bicyclic) bond motifs is 28. The molecule has 4 saturated carbocycles. The number of Topliss-reactive ketones (excluding diaryl/α,β-unsaturated/α-hetero) is 2. The van der Waals surface area contributed by atoms with Crippen molar-refractivity contribution in [3.05, 3.63) is 142 Å². The van der Waals surface area contributed by atoms with E-state index in [-0.39, 0.29) is 32.5 Å². The van der Waals surface area contributed by atoms with E-state index in [4.69, 9.17) is 0 Å². The SMILES string of the molecule is CC12CCC(C)(CC1)c1cc3c4cc5c(c6c7cc8c(cc7n(c3cc1C2=O)c46)c1c2c(cc3c4cc6c(cc4n8c31)C(=O)C1(C)CCC6(C)CC1)-c1ccccc1C21CCCC1)C1(CCCC1)c1ccccc1-5. The average molecular weight is 961 g/mol. The fourth-order valence-electron chi connectivity index (χ4n) is 19.5. The Morgan fingerprint density at radius 1 is 0.338 bits per heavy atom. The zero-order chi connectivity index (χ0) is 48.9. The highest BCUT2D eigenvalue weighted by molar-refractivity contribution is 6.33. The van der Waals surface area contributed by atoms with Crippen molar-refractivity contribution in [3.63, 3.8) is 0 Å². The summed E-state index contributed by atoms with van der Waals surface area (Å²) in [5.74, 6) is 0.703. The minimum Gasteiger partial charge on any atom is -0.308 e. The van der Waals surface area contributed by atoms with E-state index in [2.05, 4.69) is 134 Å². The first-order chi connectivity index (χ1) is 35.9. The first-order valence-electron chi connectivity index (χ1n) is 28.8. The quantitative estimate of drug-likeness (QED) is 0.152. The summed E-state index contributed by atoms with van der Waals surface area (Å²) in [6.07, 6.45) is 17.7. The smallest absolute Gasteiger partial charge is 0.169 e. The normalized spacial score (nSPS) is 27.9. The standard InChI is InChI=1S/C70H60N2O2/c1-65-21-25-67(3,26-22-65)63(73)45-33-53-39(31-51(45)65)43-29-41-37-13-5-7-15-49(37)69(17-9-10-18-69)59(41)57-47-36-56-48(35-55(47)71(53)61(43)57)58-60-42(38-14-6-8-16-50(38)70(60)19-11-12-20-70)30-44-40-32-52-46(34-54(40)72(56)62(44)58)64(74)68(4)27-23-66(52,2)24-28-68/h5-8,13-16,29-36H,9-12,17-28H2,1-4H3. The lowest BCUT2D eigenvalue weighted by atomic mass is 9.65. The number of aromatic nitrogens is 2. The minimum atomic E-state index is -0.319. The number of carbonyl (C=O) groups is 2. The number of nitrogens with zero attached hydrogens (tertiary/aromatic N) is 2. The van der Waals surface area contributed by atoms with Crippen LogP contribution in [0.4, 0.5) is 0 Å². The van der Waals surface area contributed by atoms with Crippen LogP contribution in [-0.2, 0) is 21.7 Å². The van der Waals surface area contributed by atoms with Crippen LogP contribution in [0.3, 0.4) is 0 Å². The molecule has 2 spiro atoms. The number of hydrogen-bond donors (Lipinski definition) is 0. The van der Waals surface area contributed by atoms with E-state index in [9.17, 15) is 0 Å². The number of benzene rings is 7. The largest absolute Gasteiger partial charge is 0.308 e. The molecule has 10 aliphatic carbocycles. The van der Waals surface area contributed by atoms with Crippen molar-refractivity contribution < 1.29 is 9.59 Å². The molecule has 0 aliphatic heterocycles. The van der Waals surface area contributed by atoms with Crippen LogP contribution in [-0.4, -0.2) is 20.4 Å². The van der Waals surface area contributed by atoms with E-state index in [1.807, 2.05) is 0 Å². The summed E-state index contributed by atoms with van der Waals surface area (Å²) in [4.78, 5) is 30.2. The van der Waals surface area contributed by atoms with Crippen molar-refractivity contribution >= 4 is 87.8 Å². The minimum absolute atomic E-state index is 0.0202. The van der Waals surface area contributed by atoms with Crippen LogP contribution in [0.1, 0.15) is 185 Å². The highest BCUT2D eigenvalue weighted by Crippen LogP contribution is 2.65. The second kappa shape index (κ2) is 12.4. The van der Waals surface area contributed by atoms with Crippen LogP contribution >= 0.6 is 0 Å². The maximum Gasteiger partial charge on any atom is 0.169 e. The number of carbonyl (C=O) groups excluding carboxylic acids is 2. The Hall–Kier alpha value is -6.52. The summed E-state index contributed by atoms with van der Waals surface area (Å²) < 4.78 is 5.32. The number of hydrogen-bond acceptors (Lipinski definition) is 2. The van der Waals surface area contributed by atoms with Gasteiger partial charge in [0, 0.05) is 75.9 Å². The summed E-state index contributed by atoms with van der Waals surface area (Å²) in [6, 6.07) is 39.1. The van der Waals surface area contributed by atoms with Gasteiger partial charge in [-0.25, -0.2) is 0 Å². The van der Waals surface area contributed by atoms with Gasteiger partial charge in [0.25, 0.3) is 0 Å². The van der Waals surface area contributed by atoms with E-state index in [1.54, 1.807) is 0 Å². The third kappa shape index (κ3) is 4.24. The van der Waals surface area contributed by atoms with Gasteiger partial charge in [0.15, 0.2) is 11.6 Å². The molecule has 7 aromatic carbocycles. The summed E-state index contributed by atoms with van der Waals surface area (Å²) in [5.41, 5.74) is 23.0. The number of ketones is 2. The second-order valence-corrected chi connectivity index (χ2v) is 27.1. The van der Waals surface area contributed by atoms with Gasteiger partial charge in [-0.3, -0.25) is 9.59 Å². The lowest BCUT2D eigenvalue weighted by Gasteiger charge is -2.38. The van der Waals surface area contributed by atoms with E-state index < -0.39 is 0 Å². The molecule has 4 heterocycles. The Balaban J connectivity index is 1.04. The van der Waals surface area contributed by atoms with Crippen molar-refractivity contribution in [1.82, 2.24) is 8.80 Å². The lowest BCUT2D eigenvalue weighted by Crippen LogP contribution is -2.33. The molecule has 4 fully saturated rings. The fourth-order valence-corrected chi connectivity index (χ4v) is 19.5. The Kier molecular flexibility index (Phi) is 6.85. The van der Waals surface area contributed by atoms with Crippen LogP contribution in [0.25, 0.3) is 98.4 Å². The molecule has 0 N–H and O–H groups in total. The van der Waals surface area contributed by atoms with Crippen LogP contribution in [0.5, 0.6) is 0 Å². The maximum atomic E-state index is 15.1. The molecule has 0 atom stereocenters. The van der Waals surface area contributed by atoms with Gasteiger partial charge < -0.3 is 8.80 Å². The Labute approximate surface area is 430 Å². The van der Waals surface area contributed by atoms with Crippen molar-refractivity contribution in [3.8, 4) is 22.3 Å². The summed E-state index contributed by atoms with van der Waals surface area (Å²) in [5, 5.41) is 10.7. The fraction of sp³-hybridized carbons (Fsp3) is 0.371. The van der Waals surface area contributed by atoms with Gasteiger partial charge in [-0.1, -0.05) is 102 Å². The van der Waals surface area contributed by atoms with E-state index in [0.717, 1.165) is 88.2 Å². The van der Waals surface area contributed by atoms with Crippen molar-refractivity contribution in [2.45, 2.75) is 152 Å². The van der Waals surface area contributed by atoms with Gasteiger partial charge in [0.05, 0.1) is 33.1 Å². The predicted octanol–water partition coefficient (Wildman–Crippen LogP) is 17.7. The molecular weight excluding hydrogens is 901 g/mol. The van der Waals surface area contributed by atoms with Gasteiger partial charge in [-0.05, 0) is 192 Å². The van der Waals surface area contributed by atoms with Crippen molar-refractivity contribution in [1.29, 1.82) is 0 Å². The zero-order valence-electron chi connectivity index (χ0n) is 43.3. The topological polar surface area (TPSA) is 43.0 Å². The van der Waals surface area contributed by atoms with Crippen molar-refractivity contribution in [2.75, 3.05) is 0 Å². The molecule has 74 heavy (non-hydrogen) atoms. The molecule has 0 radical (unpaired) electrons. The molecular formula is C70H60N2O2. The van der Waals surface area contributed by atoms with Crippen LogP contribution in [0, 0.1) is 10.8 Å². The Morgan fingerprint density at radius 2 is 0.703 bits per heavy atom. The monoisotopic (exact) mass is 960 g/mol. The Morgan fingerprint density at radius 3 is 1.11 bits per heavy atom. The molecule has 0 saturated heterocycles. The molecule has 10 aliphatic rings. The predicted molar refractivity (Wildman–Crippen MR) is 302 cm³/mol. The molecule has 4 bridgehead atoms. The third-order valence-electron chi connectivity index (χ3n) is 23.7. The van der Waals surface area contributed by atoms with E-state index >= 15 is 9.59 Å². The van der Waals surface area contributed by atoms with Gasteiger partial charge >= 0.3 is 0 Å². The van der Waals surface area contributed by atoms with Crippen LogP contribution < -0.4 is 0 Å². The lowest BCUT2D eigenvalue weighted by molar-refractivity contribution is 0.0726. The maximum absolute atomic E-state index is 15.1. The first kappa shape index (κ1) is 40.8. The second-order valence-electron chi connectivity index (χ2n) is 27.1. The number of rotatable bonds is 0. The third-order valence-corrected chi connectivity index (χ3v) is 23.7. The molecule has 0 amide bonds. The Bertz CT molecular complexity index is 4250. The first-order valence-corrected chi connectivity index (χ1v) is 28.8. The average Bonchev–Trinajstić information content (AvgIpc) is 4.32. The van der Waals surface area contributed by atoms with Gasteiger partial charge in [-0.2, -0.15) is 0 Å². The molecule has 4 aromatic heterocycles. The van der Waals surface area contributed by atoms with Gasteiger partial charge in [0.2, 0.25) is 0 Å². The molecule has 4 nitrogen and oxygen atoms in total. The van der Waals surface area contributed by atoms with E-state index in [1.165, 1.54) is 158 Å².